The van der Waals surface area contributed by atoms with Crippen molar-refractivity contribution in [3.8, 4) is 22.3 Å². The maximum absolute atomic E-state index is 2.39. The summed E-state index contributed by atoms with van der Waals surface area (Å²) in [5.74, 6) is 0. The SMILES string of the molecule is Cc1ccc(N(c2ccc(-c3ccc(/C=C/c4ccc(-c5ccc(N(c6ccc(C)cc6)c6cc7ccccc7c7ccccc67)cc5)cc4)cc3)cc2)c2cc3ccccc3c3ccccc23)cc1. The first kappa shape index (κ1) is 42.4. The van der Waals surface area contributed by atoms with Gasteiger partial charge in [-0.2, -0.15) is 0 Å². The van der Waals surface area contributed by atoms with Gasteiger partial charge >= 0.3 is 0 Å². The van der Waals surface area contributed by atoms with Gasteiger partial charge in [0.1, 0.15) is 0 Å². The molecule has 0 aliphatic carbocycles. The fourth-order valence-corrected chi connectivity index (χ4v) is 10.1. The van der Waals surface area contributed by atoms with Crippen molar-refractivity contribution in [2.24, 2.45) is 0 Å². The smallest absolute Gasteiger partial charge is 0.0546 e. The third-order valence-corrected chi connectivity index (χ3v) is 13.8. The normalized spacial score (nSPS) is 11.5. The van der Waals surface area contributed by atoms with Crippen LogP contribution in [-0.2, 0) is 0 Å². The van der Waals surface area contributed by atoms with Crippen molar-refractivity contribution in [2.45, 2.75) is 13.8 Å². The van der Waals surface area contributed by atoms with Crippen LogP contribution in [0.5, 0.6) is 0 Å². The van der Waals surface area contributed by atoms with E-state index in [1.165, 1.54) is 87.8 Å². The lowest BCUT2D eigenvalue weighted by molar-refractivity contribution is 1.29. The van der Waals surface area contributed by atoms with Gasteiger partial charge in [-0.05, 0) is 140 Å². The molecule has 0 saturated heterocycles. The summed E-state index contributed by atoms with van der Waals surface area (Å²) in [7, 11) is 0. The Hall–Kier alpha value is -8.98. The summed E-state index contributed by atoms with van der Waals surface area (Å²) >= 11 is 0. The van der Waals surface area contributed by atoms with Crippen molar-refractivity contribution >= 4 is 89.4 Å². The average molecular weight is 895 g/mol. The summed E-state index contributed by atoms with van der Waals surface area (Å²) in [4.78, 5) is 4.79. The monoisotopic (exact) mass is 894 g/mol. The maximum Gasteiger partial charge on any atom is 0.0546 e. The first-order valence-electron chi connectivity index (χ1n) is 24.1. The summed E-state index contributed by atoms with van der Waals surface area (Å²) in [5, 5.41) is 9.95. The van der Waals surface area contributed by atoms with Crippen LogP contribution in [0.1, 0.15) is 22.3 Å². The predicted molar refractivity (Wildman–Crippen MR) is 302 cm³/mol. The molecule has 0 N–H and O–H groups in total. The fraction of sp³-hybridized carbons (Fsp3) is 0.0294. The van der Waals surface area contributed by atoms with Crippen LogP contribution in [0.25, 0.3) is 77.5 Å². The number of benzene rings is 12. The zero-order valence-corrected chi connectivity index (χ0v) is 39.3. The maximum atomic E-state index is 2.39. The second kappa shape index (κ2) is 18.3. The molecule has 0 bridgehead atoms. The third kappa shape index (κ3) is 8.16. The van der Waals surface area contributed by atoms with Crippen LogP contribution >= 0.6 is 0 Å². The van der Waals surface area contributed by atoms with Crippen LogP contribution in [0.2, 0.25) is 0 Å². The zero-order valence-electron chi connectivity index (χ0n) is 39.3. The standard InChI is InChI=1S/C68H50N2/c1-47-19-37-57(38-20-47)69(67-45-55-11-3-5-13-61(55)63-15-7-9-17-65(63)67)59-41-33-53(34-42-59)51-29-25-49(26-30-51)23-24-50-27-31-52(32-28-50)54-35-43-60(44-36-54)70(58-39-21-48(2)22-40-58)68-46-56-12-4-6-14-62(56)64-16-8-10-18-66(64)68/h3-46H,1-2H3/b24-23+. The van der Waals surface area contributed by atoms with Gasteiger partial charge in [0, 0.05) is 33.5 Å². The molecule has 2 nitrogen and oxygen atoms in total. The predicted octanol–water partition coefficient (Wildman–Crippen LogP) is 19.4. The van der Waals surface area contributed by atoms with Crippen LogP contribution in [-0.4, -0.2) is 0 Å². The molecule has 0 spiro atoms. The molecule has 332 valence electrons. The van der Waals surface area contributed by atoms with Crippen molar-refractivity contribution in [3.05, 3.63) is 277 Å². The highest BCUT2D eigenvalue weighted by Gasteiger charge is 2.19. The van der Waals surface area contributed by atoms with Crippen molar-refractivity contribution in [3.63, 3.8) is 0 Å². The molecule has 2 heteroatoms. The van der Waals surface area contributed by atoms with E-state index in [-0.39, 0.29) is 0 Å². The molecule has 0 aliphatic heterocycles. The Kier molecular flexibility index (Phi) is 11.1. The van der Waals surface area contributed by atoms with Gasteiger partial charge in [-0.15, -0.1) is 0 Å². The Bertz CT molecular complexity index is 3590. The minimum absolute atomic E-state index is 1.12. The average Bonchev–Trinajstić information content (AvgIpc) is 3.42. The fourth-order valence-electron chi connectivity index (χ4n) is 10.1. The second-order valence-electron chi connectivity index (χ2n) is 18.3. The van der Waals surface area contributed by atoms with Crippen LogP contribution in [0.15, 0.2) is 255 Å². The van der Waals surface area contributed by atoms with Gasteiger partial charge in [0.05, 0.1) is 11.4 Å². The number of hydrogen-bond donors (Lipinski definition) is 0. The second-order valence-corrected chi connectivity index (χ2v) is 18.3. The van der Waals surface area contributed by atoms with Crippen LogP contribution < -0.4 is 9.80 Å². The van der Waals surface area contributed by atoms with E-state index in [0.717, 1.165) is 33.9 Å². The quantitative estimate of drug-likeness (QED) is 0.0997. The van der Waals surface area contributed by atoms with E-state index in [0.29, 0.717) is 0 Å². The summed E-state index contributed by atoms with van der Waals surface area (Å²) in [6, 6.07) is 92.9. The van der Waals surface area contributed by atoms with Crippen molar-refractivity contribution < 1.29 is 0 Å². The molecule has 0 saturated carbocycles. The highest BCUT2D eigenvalue weighted by molar-refractivity contribution is 6.16. The Morgan fingerprint density at radius 1 is 0.257 bits per heavy atom. The molecule has 12 rings (SSSR count). The topological polar surface area (TPSA) is 6.48 Å². The van der Waals surface area contributed by atoms with E-state index >= 15 is 0 Å². The molecule has 0 unspecified atom stereocenters. The van der Waals surface area contributed by atoms with E-state index in [2.05, 4.69) is 291 Å². The molecular formula is C68H50N2. The lowest BCUT2D eigenvalue weighted by atomic mass is 9.98. The third-order valence-electron chi connectivity index (χ3n) is 13.8. The van der Waals surface area contributed by atoms with Gasteiger partial charge in [-0.25, -0.2) is 0 Å². The number of hydrogen-bond acceptors (Lipinski definition) is 2. The lowest BCUT2D eigenvalue weighted by Gasteiger charge is -2.28. The molecule has 0 aromatic heterocycles. The summed E-state index contributed by atoms with van der Waals surface area (Å²) in [6.45, 7) is 4.28. The number of aryl methyl sites for hydroxylation is 2. The van der Waals surface area contributed by atoms with Gasteiger partial charge in [-0.1, -0.05) is 217 Å². The minimum Gasteiger partial charge on any atom is -0.310 e. The number of anilines is 6. The molecule has 0 atom stereocenters. The van der Waals surface area contributed by atoms with Gasteiger partial charge in [0.2, 0.25) is 0 Å². The minimum atomic E-state index is 1.12. The van der Waals surface area contributed by atoms with Gasteiger partial charge in [-0.3, -0.25) is 0 Å². The summed E-state index contributed by atoms with van der Waals surface area (Å²) in [5.41, 5.74) is 16.4. The van der Waals surface area contributed by atoms with Gasteiger partial charge in [0.15, 0.2) is 0 Å². The lowest BCUT2D eigenvalue weighted by Crippen LogP contribution is -2.10. The Morgan fingerprint density at radius 2 is 0.529 bits per heavy atom. The van der Waals surface area contributed by atoms with E-state index in [4.69, 9.17) is 0 Å². The highest BCUT2D eigenvalue weighted by atomic mass is 15.1. The first-order chi connectivity index (χ1) is 34.5. The Balaban J connectivity index is 0.773. The van der Waals surface area contributed by atoms with E-state index in [1.807, 2.05) is 0 Å². The molecule has 0 heterocycles. The van der Waals surface area contributed by atoms with E-state index in [9.17, 15) is 0 Å². The van der Waals surface area contributed by atoms with E-state index in [1.54, 1.807) is 0 Å². The Morgan fingerprint density at radius 3 is 0.871 bits per heavy atom. The molecule has 70 heavy (non-hydrogen) atoms. The number of rotatable bonds is 10. The molecule has 12 aromatic carbocycles. The van der Waals surface area contributed by atoms with Gasteiger partial charge < -0.3 is 9.80 Å². The summed E-state index contributed by atoms with van der Waals surface area (Å²) < 4.78 is 0. The zero-order chi connectivity index (χ0) is 47.0. The number of nitrogens with zero attached hydrogens (tertiary/aromatic N) is 2. The van der Waals surface area contributed by atoms with Crippen molar-refractivity contribution in [2.75, 3.05) is 9.80 Å². The number of fused-ring (bicyclic) bond motifs is 6. The molecule has 0 amide bonds. The molecule has 0 aliphatic rings. The van der Waals surface area contributed by atoms with Gasteiger partial charge in [0.25, 0.3) is 0 Å². The molecular weight excluding hydrogens is 845 g/mol. The van der Waals surface area contributed by atoms with Crippen molar-refractivity contribution in [1.82, 2.24) is 0 Å². The highest BCUT2D eigenvalue weighted by Crippen LogP contribution is 2.44. The first-order valence-corrected chi connectivity index (χ1v) is 24.1. The van der Waals surface area contributed by atoms with E-state index < -0.39 is 0 Å². The van der Waals surface area contributed by atoms with Crippen LogP contribution in [0, 0.1) is 13.8 Å². The largest absolute Gasteiger partial charge is 0.310 e. The Labute approximate surface area is 410 Å². The molecule has 12 aromatic rings. The van der Waals surface area contributed by atoms with Crippen molar-refractivity contribution in [1.29, 1.82) is 0 Å². The van der Waals surface area contributed by atoms with Crippen LogP contribution in [0.3, 0.4) is 0 Å². The van der Waals surface area contributed by atoms with Crippen LogP contribution in [0.4, 0.5) is 34.1 Å². The molecule has 0 radical (unpaired) electrons. The molecule has 0 fully saturated rings. The summed E-state index contributed by atoms with van der Waals surface area (Å²) in [6.07, 6.45) is 4.39.